The number of aromatic nitrogens is 3. The van der Waals surface area contributed by atoms with Crippen molar-refractivity contribution in [3.63, 3.8) is 0 Å². The van der Waals surface area contributed by atoms with Gasteiger partial charge in [0.1, 0.15) is 0 Å². The Hall–Kier alpha value is -3.59. The van der Waals surface area contributed by atoms with Gasteiger partial charge in [-0.15, -0.1) is 10.2 Å². The molecule has 0 radical (unpaired) electrons. The fourth-order valence-electron chi connectivity index (χ4n) is 2.89. The first-order valence-corrected chi connectivity index (χ1v) is 10.2. The summed E-state index contributed by atoms with van der Waals surface area (Å²) in [6.45, 7) is 0. The predicted octanol–water partition coefficient (Wildman–Crippen LogP) is 5.08. The number of hydrogen-bond donors (Lipinski definition) is 1. The first-order valence-electron chi connectivity index (χ1n) is 9.17. The quantitative estimate of drug-likeness (QED) is 0.336. The van der Waals surface area contributed by atoms with Gasteiger partial charge in [0, 0.05) is 11.3 Å². The number of nitrogens with zero attached hydrogens (tertiary/aromatic N) is 3. The van der Waals surface area contributed by atoms with E-state index in [1.165, 1.54) is 0 Å². The third kappa shape index (κ3) is 4.46. The highest BCUT2D eigenvalue weighted by Crippen LogP contribution is 2.28. The Balaban J connectivity index is 1.57. The lowest BCUT2D eigenvalue weighted by Crippen LogP contribution is -2.16. The lowest BCUT2D eigenvalue weighted by molar-refractivity contribution is -0.113. The second kappa shape index (κ2) is 9.05. The van der Waals surface area contributed by atoms with Gasteiger partial charge in [0.15, 0.2) is 28.4 Å². The largest absolute Gasteiger partial charge is 0.323 e. The standard InChI is InChI=1S/C22H15F3N4OS/c23-16-11-12-17(20(25)19(16)24)26-18(30)13-31-22-28-27-21(14-7-3-1-4-8-14)29(22)15-9-5-2-6-10-15/h1-12H,13H2,(H,26,30). The van der Waals surface area contributed by atoms with Crippen LogP contribution in [0.4, 0.5) is 18.9 Å². The van der Waals surface area contributed by atoms with Crippen molar-refractivity contribution in [2.45, 2.75) is 5.16 Å². The molecular formula is C22H15F3N4OS. The SMILES string of the molecule is O=C(CSc1nnc(-c2ccccc2)n1-c1ccccc1)Nc1ccc(F)c(F)c1F. The van der Waals surface area contributed by atoms with Crippen molar-refractivity contribution < 1.29 is 18.0 Å². The molecule has 9 heteroatoms. The van der Waals surface area contributed by atoms with Gasteiger partial charge < -0.3 is 5.32 Å². The van der Waals surface area contributed by atoms with Crippen molar-refractivity contribution >= 4 is 23.4 Å². The van der Waals surface area contributed by atoms with Crippen LogP contribution < -0.4 is 5.32 Å². The first-order chi connectivity index (χ1) is 15.0. The second-order valence-corrected chi connectivity index (χ2v) is 7.35. The smallest absolute Gasteiger partial charge is 0.234 e. The first kappa shape index (κ1) is 20.7. The fourth-order valence-corrected chi connectivity index (χ4v) is 3.64. The topological polar surface area (TPSA) is 59.8 Å². The van der Waals surface area contributed by atoms with Crippen molar-refractivity contribution in [2.75, 3.05) is 11.1 Å². The van der Waals surface area contributed by atoms with Gasteiger partial charge in [-0.3, -0.25) is 9.36 Å². The van der Waals surface area contributed by atoms with Crippen LogP contribution in [-0.4, -0.2) is 26.4 Å². The van der Waals surface area contributed by atoms with Gasteiger partial charge in [-0.25, -0.2) is 13.2 Å². The van der Waals surface area contributed by atoms with Gasteiger partial charge in [0.05, 0.1) is 11.4 Å². The number of amides is 1. The summed E-state index contributed by atoms with van der Waals surface area (Å²) in [6, 6.07) is 20.6. The molecule has 0 spiro atoms. The summed E-state index contributed by atoms with van der Waals surface area (Å²) < 4.78 is 42.0. The maximum Gasteiger partial charge on any atom is 0.234 e. The lowest BCUT2D eigenvalue weighted by Gasteiger charge is -2.11. The van der Waals surface area contributed by atoms with Gasteiger partial charge in [-0.1, -0.05) is 60.3 Å². The van der Waals surface area contributed by atoms with Crippen molar-refractivity contribution in [3.05, 3.63) is 90.2 Å². The zero-order chi connectivity index (χ0) is 21.8. The molecule has 0 saturated heterocycles. The molecule has 0 aliphatic heterocycles. The Morgan fingerprint density at radius 3 is 2.26 bits per heavy atom. The third-order valence-electron chi connectivity index (χ3n) is 4.32. The molecule has 1 aromatic heterocycles. The van der Waals surface area contributed by atoms with E-state index >= 15 is 0 Å². The molecule has 1 amide bonds. The maximum atomic E-state index is 13.8. The van der Waals surface area contributed by atoms with Crippen LogP contribution in [0, 0.1) is 17.5 Å². The Labute approximate surface area is 179 Å². The number of para-hydroxylation sites is 1. The van der Waals surface area contributed by atoms with Crippen LogP contribution in [0.2, 0.25) is 0 Å². The van der Waals surface area contributed by atoms with Crippen LogP contribution in [0.1, 0.15) is 0 Å². The molecule has 3 aromatic carbocycles. The number of benzene rings is 3. The molecule has 0 atom stereocenters. The summed E-state index contributed by atoms with van der Waals surface area (Å²) >= 11 is 1.08. The Morgan fingerprint density at radius 2 is 1.55 bits per heavy atom. The minimum Gasteiger partial charge on any atom is -0.323 e. The lowest BCUT2D eigenvalue weighted by atomic mass is 10.2. The number of hydrogen-bond acceptors (Lipinski definition) is 4. The summed E-state index contributed by atoms with van der Waals surface area (Å²) in [5.74, 6) is -4.55. The highest BCUT2D eigenvalue weighted by atomic mass is 32.2. The number of halogens is 3. The number of carbonyl (C=O) groups excluding carboxylic acids is 1. The fraction of sp³-hybridized carbons (Fsp3) is 0.0455. The summed E-state index contributed by atoms with van der Waals surface area (Å²) in [5, 5.41) is 11.2. The molecule has 0 aliphatic carbocycles. The van der Waals surface area contributed by atoms with E-state index in [0.29, 0.717) is 11.0 Å². The molecule has 156 valence electrons. The summed E-state index contributed by atoms with van der Waals surface area (Å²) in [5.41, 5.74) is 1.22. The molecular weight excluding hydrogens is 425 g/mol. The van der Waals surface area contributed by atoms with Crippen LogP contribution in [0.5, 0.6) is 0 Å². The van der Waals surface area contributed by atoms with Crippen molar-refractivity contribution in [1.29, 1.82) is 0 Å². The predicted molar refractivity (Wildman–Crippen MR) is 112 cm³/mol. The van der Waals surface area contributed by atoms with Crippen LogP contribution >= 0.6 is 11.8 Å². The van der Waals surface area contributed by atoms with Crippen LogP contribution in [0.25, 0.3) is 17.1 Å². The summed E-state index contributed by atoms with van der Waals surface area (Å²) in [6.07, 6.45) is 0. The van der Waals surface area contributed by atoms with Gasteiger partial charge >= 0.3 is 0 Å². The minimum absolute atomic E-state index is 0.141. The molecule has 0 unspecified atom stereocenters. The Bertz CT molecular complexity index is 1220. The van der Waals surface area contributed by atoms with Crippen molar-refractivity contribution in [3.8, 4) is 17.1 Å². The number of thioether (sulfide) groups is 1. The molecule has 0 saturated carbocycles. The Kier molecular flexibility index (Phi) is 6.03. The van der Waals surface area contributed by atoms with Gasteiger partial charge in [0.25, 0.3) is 0 Å². The highest BCUT2D eigenvalue weighted by molar-refractivity contribution is 7.99. The average molecular weight is 440 g/mol. The van der Waals surface area contributed by atoms with Crippen LogP contribution in [0.15, 0.2) is 78.0 Å². The molecule has 1 N–H and O–H groups in total. The monoisotopic (exact) mass is 440 g/mol. The minimum atomic E-state index is -1.64. The number of anilines is 1. The van der Waals surface area contributed by atoms with Crippen molar-refractivity contribution in [1.82, 2.24) is 14.8 Å². The van der Waals surface area contributed by atoms with E-state index in [2.05, 4.69) is 15.5 Å². The summed E-state index contributed by atoms with van der Waals surface area (Å²) in [4.78, 5) is 12.3. The number of rotatable bonds is 6. The van der Waals surface area contributed by atoms with E-state index in [1.54, 1.807) is 0 Å². The van der Waals surface area contributed by atoms with E-state index in [0.717, 1.165) is 35.1 Å². The molecule has 0 fully saturated rings. The zero-order valence-corrected chi connectivity index (χ0v) is 16.7. The van der Waals surface area contributed by atoms with Crippen LogP contribution in [0.3, 0.4) is 0 Å². The molecule has 1 heterocycles. The van der Waals surface area contributed by atoms with Gasteiger partial charge in [-0.2, -0.15) is 0 Å². The van der Waals surface area contributed by atoms with Gasteiger partial charge in [-0.05, 0) is 24.3 Å². The third-order valence-corrected chi connectivity index (χ3v) is 5.25. The van der Waals surface area contributed by atoms with E-state index in [9.17, 15) is 18.0 Å². The molecule has 4 aromatic rings. The highest BCUT2D eigenvalue weighted by Gasteiger charge is 2.19. The molecule has 31 heavy (non-hydrogen) atoms. The Morgan fingerprint density at radius 1 is 0.871 bits per heavy atom. The van der Waals surface area contributed by atoms with Gasteiger partial charge in [0.2, 0.25) is 5.91 Å². The van der Waals surface area contributed by atoms with Crippen molar-refractivity contribution in [2.24, 2.45) is 0 Å². The van der Waals surface area contributed by atoms with E-state index in [4.69, 9.17) is 0 Å². The van der Waals surface area contributed by atoms with E-state index < -0.39 is 29.0 Å². The molecule has 0 bridgehead atoms. The summed E-state index contributed by atoms with van der Waals surface area (Å²) in [7, 11) is 0. The van der Waals surface area contributed by atoms with Crippen LogP contribution in [-0.2, 0) is 4.79 Å². The van der Waals surface area contributed by atoms with E-state index in [1.807, 2.05) is 65.2 Å². The molecule has 5 nitrogen and oxygen atoms in total. The normalized spacial score (nSPS) is 10.8. The van der Waals surface area contributed by atoms with E-state index in [-0.39, 0.29) is 5.75 Å². The zero-order valence-electron chi connectivity index (χ0n) is 15.9. The average Bonchev–Trinajstić information content (AvgIpc) is 3.23. The maximum absolute atomic E-state index is 13.8. The molecule has 4 rings (SSSR count). The second-order valence-electron chi connectivity index (χ2n) is 6.40. The number of carbonyl (C=O) groups is 1. The molecule has 0 aliphatic rings. The number of nitrogens with one attached hydrogen (secondary N) is 1.